The normalized spacial score (nSPS) is 51.9. The minimum atomic E-state index is 0.540. The van der Waals surface area contributed by atoms with E-state index in [1.54, 1.807) is 5.57 Å². The zero-order valence-corrected chi connectivity index (χ0v) is 10.5. The minimum Gasteiger partial charge on any atom is -0.0996 e. The number of allylic oxidation sites excluding steroid dienone is 1. The molecule has 0 amide bonds. The van der Waals surface area contributed by atoms with E-state index in [1.165, 1.54) is 32.1 Å². The second-order valence-corrected chi connectivity index (χ2v) is 7.00. The van der Waals surface area contributed by atoms with Gasteiger partial charge < -0.3 is 0 Å². The number of hydrogen-bond acceptors (Lipinski definition) is 0. The van der Waals surface area contributed by atoms with E-state index in [9.17, 15) is 0 Å². The summed E-state index contributed by atoms with van der Waals surface area (Å²) in [4.78, 5) is 0. The fourth-order valence-corrected chi connectivity index (χ4v) is 5.44. The van der Waals surface area contributed by atoms with Crippen LogP contribution in [-0.4, -0.2) is 0 Å². The van der Waals surface area contributed by atoms with Crippen LogP contribution in [0.25, 0.3) is 0 Å². The summed E-state index contributed by atoms with van der Waals surface area (Å²) >= 11 is 0. The third kappa shape index (κ3) is 0.990. The first-order chi connectivity index (χ1) is 6.98. The van der Waals surface area contributed by atoms with Crippen LogP contribution in [0.5, 0.6) is 0 Å². The van der Waals surface area contributed by atoms with Crippen LogP contribution in [0.1, 0.15) is 52.9 Å². The Bertz CT molecular complexity index is 312. The van der Waals surface area contributed by atoms with Crippen molar-refractivity contribution in [2.45, 2.75) is 52.9 Å². The number of fused-ring (bicyclic) bond motifs is 1. The predicted molar refractivity (Wildman–Crippen MR) is 64.6 cm³/mol. The van der Waals surface area contributed by atoms with E-state index in [-0.39, 0.29) is 0 Å². The molecule has 0 unspecified atom stereocenters. The molecule has 15 heavy (non-hydrogen) atoms. The summed E-state index contributed by atoms with van der Waals surface area (Å²) in [6, 6.07) is 0. The second kappa shape index (κ2) is 2.70. The third-order valence-electron chi connectivity index (χ3n) is 6.35. The van der Waals surface area contributed by atoms with Crippen molar-refractivity contribution >= 4 is 0 Å². The largest absolute Gasteiger partial charge is 0.0996 e. The van der Waals surface area contributed by atoms with Gasteiger partial charge in [-0.3, -0.25) is 0 Å². The molecule has 0 nitrogen and oxygen atoms in total. The Morgan fingerprint density at radius 3 is 2.73 bits per heavy atom. The Kier molecular flexibility index (Phi) is 1.79. The van der Waals surface area contributed by atoms with Gasteiger partial charge in [0.15, 0.2) is 0 Å². The topological polar surface area (TPSA) is 0 Å². The molecule has 3 saturated carbocycles. The molecule has 4 atom stereocenters. The van der Waals surface area contributed by atoms with Gasteiger partial charge in [0, 0.05) is 0 Å². The SMILES string of the molecule is C=C1CC[C@@]23C[C@@H]1C(C)(C)[C@@H]2CC[C@H]3C. The summed E-state index contributed by atoms with van der Waals surface area (Å²) in [6.45, 7) is 11.9. The molecule has 3 aliphatic carbocycles. The van der Waals surface area contributed by atoms with Gasteiger partial charge in [0.25, 0.3) is 0 Å². The van der Waals surface area contributed by atoms with Gasteiger partial charge in [0.2, 0.25) is 0 Å². The van der Waals surface area contributed by atoms with Crippen molar-refractivity contribution in [3.05, 3.63) is 12.2 Å². The predicted octanol–water partition coefficient (Wildman–Crippen LogP) is 4.42. The molecule has 3 aliphatic rings. The Balaban J connectivity index is 2.08. The molecule has 3 fully saturated rings. The molecular formula is C15H24. The fraction of sp³-hybridized carbons (Fsp3) is 0.867. The fourth-order valence-electron chi connectivity index (χ4n) is 5.44. The van der Waals surface area contributed by atoms with Gasteiger partial charge in [-0.2, -0.15) is 0 Å². The molecule has 2 bridgehead atoms. The highest BCUT2D eigenvalue weighted by Gasteiger charge is 2.63. The Labute approximate surface area is 94.1 Å². The molecule has 0 heteroatoms. The monoisotopic (exact) mass is 204 g/mol. The highest BCUT2D eigenvalue weighted by Crippen LogP contribution is 2.72. The van der Waals surface area contributed by atoms with Gasteiger partial charge in [0.05, 0.1) is 0 Å². The maximum Gasteiger partial charge on any atom is -0.0146 e. The molecule has 0 aromatic rings. The third-order valence-corrected chi connectivity index (χ3v) is 6.35. The Morgan fingerprint density at radius 1 is 1.27 bits per heavy atom. The first-order valence-corrected chi connectivity index (χ1v) is 6.66. The van der Waals surface area contributed by atoms with Crippen molar-refractivity contribution in [1.29, 1.82) is 0 Å². The van der Waals surface area contributed by atoms with Crippen LogP contribution in [0.15, 0.2) is 12.2 Å². The summed E-state index contributed by atoms with van der Waals surface area (Å²) in [5.41, 5.74) is 2.82. The quantitative estimate of drug-likeness (QED) is 0.513. The highest BCUT2D eigenvalue weighted by molar-refractivity contribution is 5.23. The molecule has 0 aromatic heterocycles. The lowest BCUT2D eigenvalue weighted by Crippen LogP contribution is -2.30. The van der Waals surface area contributed by atoms with Gasteiger partial charge in [-0.05, 0) is 60.7 Å². The minimum absolute atomic E-state index is 0.540. The standard InChI is InChI=1S/C15H24/c1-10-7-8-15-9-12(10)14(3,4)13(15)6-5-11(15)2/h11-13H,1,5-9H2,2-4H3/t11-,12+,13+,15+/m1/s1. The lowest BCUT2D eigenvalue weighted by atomic mass is 9.67. The molecule has 0 saturated heterocycles. The first kappa shape index (κ1) is 9.93. The van der Waals surface area contributed by atoms with Crippen LogP contribution >= 0.6 is 0 Å². The first-order valence-electron chi connectivity index (χ1n) is 6.66. The van der Waals surface area contributed by atoms with E-state index in [2.05, 4.69) is 27.4 Å². The van der Waals surface area contributed by atoms with Crippen molar-refractivity contribution in [3.63, 3.8) is 0 Å². The van der Waals surface area contributed by atoms with Gasteiger partial charge in [-0.15, -0.1) is 0 Å². The molecule has 0 aromatic carbocycles. The van der Waals surface area contributed by atoms with Crippen LogP contribution in [0.2, 0.25) is 0 Å². The summed E-state index contributed by atoms with van der Waals surface area (Å²) in [6.07, 6.45) is 7.18. The van der Waals surface area contributed by atoms with Crippen molar-refractivity contribution in [1.82, 2.24) is 0 Å². The highest BCUT2D eigenvalue weighted by atomic mass is 14.7. The second-order valence-electron chi connectivity index (χ2n) is 7.00. The molecule has 84 valence electrons. The lowest BCUT2D eigenvalue weighted by molar-refractivity contribution is 0.118. The van der Waals surface area contributed by atoms with E-state index in [0.29, 0.717) is 5.41 Å². The van der Waals surface area contributed by atoms with Crippen LogP contribution in [0.3, 0.4) is 0 Å². The smallest absolute Gasteiger partial charge is 0.0146 e. The molecule has 0 heterocycles. The van der Waals surface area contributed by atoms with E-state index < -0.39 is 0 Å². The molecule has 3 rings (SSSR count). The van der Waals surface area contributed by atoms with Gasteiger partial charge in [-0.1, -0.05) is 32.9 Å². The van der Waals surface area contributed by atoms with E-state index in [0.717, 1.165) is 23.2 Å². The molecule has 0 N–H and O–H groups in total. The van der Waals surface area contributed by atoms with Crippen LogP contribution in [0.4, 0.5) is 0 Å². The number of rotatable bonds is 0. The van der Waals surface area contributed by atoms with E-state index >= 15 is 0 Å². The van der Waals surface area contributed by atoms with Crippen LogP contribution in [0, 0.1) is 28.6 Å². The zero-order valence-electron chi connectivity index (χ0n) is 10.5. The molecule has 0 radical (unpaired) electrons. The number of hydrogen-bond donors (Lipinski definition) is 0. The Morgan fingerprint density at radius 2 is 2.00 bits per heavy atom. The average molecular weight is 204 g/mol. The summed E-state index contributed by atoms with van der Waals surface area (Å²) < 4.78 is 0. The van der Waals surface area contributed by atoms with Gasteiger partial charge in [0.1, 0.15) is 0 Å². The maximum absolute atomic E-state index is 4.34. The Hall–Kier alpha value is -0.260. The summed E-state index contributed by atoms with van der Waals surface area (Å²) in [5, 5.41) is 0. The van der Waals surface area contributed by atoms with Crippen molar-refractivity contribution in [2.75, 3.05) is 0 Å². The van der Waals surface area contributed by atoms with Crippen molar-refractivity contribution < 1.29 is 0 Å². The van der Waals surface area contributed by atoms with Crippen LogP contribution in [-0.2, 0) is 0 Å². The van der Waals surface area contributed by atoms with Crippen molar-refractivity contribution in [3.8, 4) is 0 Å². The average Bonchev–Trinajstić information content (AvgIpc) is 2.57. The van der Waals surface area contributed by atoms with Crippen molar-refractivity contribution in [2.24, 2.45) is 28.6 Å². The van der Waals surface area contributed by atoms with E-state index in [1.807, 2.05) is 0 Å². The molecule has 1 spiro atoms. The summed E-state index contributed by atoms with van der Waals surface area (Å²) in [7, 11) is 0. The summed E-state index contributed by atoms with van der Waals surface area (Å²) in [5.74, 6) is 2.79. The molecular weight excluding hydrogens is 180 g/mol. The van der Waals surface area contributed by atoms with Gasteiger partial charge >= 0.3 is 0 Å². The molecule has 0 aliphatic heterocycles. The zero-order chi connectivity index (χ0) is 10.8. The maximum atomic E-state index is 4.34. The lowest BCUT2D eigenvalue weighted by Gasteiger charge is -2.38. The van der Waals surface area contributed by atoms with E-state index in [4.69, 9.17) is 0 Å². The van der Waals surface area contributed by atoms with Crippen LogP contribution < -0.4 is 0 Å². The van der Waals surface area contributed by atoms with Gasteiger partial charge in [-0.25, -0.2) is 0 Å².